The Morgan fingerprint density at radius 1 is 1.06 bits per heavy atom. The Labute approximate surface area is 185 Å². The highest BCUT2D eigenvalue weighted by Gasteiger charge is 2.22. The van der Waals surface area contributed by atoms with Gasteiger partial charge in [0.05, 0.1) is 13.7 Å². The molecule has 1 heterocycles. The molecule has 1 aliphatic heterocycles. The number of ether oxygens (including phenoxy) is 2. The minimum Gasteiger partial charge on any atom is -0.493 e. The van der Waals surface area contributed by atoms with Gasteiger partial charge in [-0.15, -0.1) is 0 Å². The number of hydrogen-bond donors (Lipinski definition) is 1. The van der Waals surface area contributed by atoms with Crippen molar-refractivity contribution in [2.75, 3.05) is 39.8 Å². The number of benzene rings is 2. The Hall–Kier alpha value is -3.20. The fourth-order valence-electron chi connectivity index (χ4n) is 3.56. The van der Waals surface area contributed by atoms with Gasteiger partial charge in [-0.25, -0.2) is 0 Å². The molecule has 0 spiro atoms. The van der Waals surface area contributed by atoms with E-state index in [1.165, 1.54) is 36.4 Å². The molecule has 1 fully saturated rings. The van der Waals surface area contributed by atoms with E-state index in [4.69, 9.17) is 4.74 Å². The lowest BCUT2D eigenvalue weighted by Crippen LogP contribution is -2.50. The summed E-state index contributed by atoms with van der Waals surface area (Å²) in [6, 6.07) is 12.1. The van der Waals surface area contributed by atoms with E-state index in [0.29, 0.717) is 13.1 Å². The number of nitrogens with zero attached hydrogens (tertiary/aromatic N) is 2. The van der Waals surface area contributed by atoms with Crippen LogP contribution in [0.3, 0.4) is 0 Å². The monoisotopic (exact) mass is 447 g/mol. The van der Waals surface area contributed by atoms with Crippen LogP contribution in [0, 0.1) is 6.92 Å². The van der Waals surface area contributed by atoms with Gasteiger partial charge in [-0.05, 0) is 36.2 Å². The van der Waals surface area contributed by atoms with Gasteiger partial charge in [-0.2, -0.15) is 8.78 Å². The molecular weight excluding hydrogens is 420 g/mol. The zero-order valence-electron chi connectivity index (χ0n) is 18.1. The van der Waals surface area contributed by atoms with E-state index in [1.54, 1.807) is 4.90 Å². The third-order valence-corrected chi connectivity index (χ3v) is 5.42. The standard InChI is InChI=1S/C23H27F2N3O4/c1-16-5-3-4-6-18(16)15-27-9-11-28(12-10-27)21(29)14-26-22(30)17-7-8-19(32-23(24)25)20(13-17)31-2/h3-8,13,23H,9-12,14-15H2,1-2H3,(H,26,30). The number of carbonyl (C=O) groups is 2. The van der Waals surface area contributed by atoms with E-state index in [1.807, 2.05) is 12.1 Å². The lowest BCUT2D eigenvalue weighted by molar-refractivity contribution is -0.131. The number of nitrogens with one attached hydrogen (secondary N) is 1. The van der Waals surface area contributed by atoms with Gasteiger partial charge in [0.2, 0.25) is 5.91 Å². The summed E-state index contributed by atoms with van der Waals surface area (Å²) in [6.45, 7) is 2.49. The predicted molar refractivity (Wildman–Crippen MR) is 115 cm³/mol. The van der Waals surface area contributed by atoms with E-state index in [0.717, 1.165) is 19.6 Å². The van der Waals surface area contributed by atoms with Gasteiger partial charge in [-0.1, -0.05) is 24.3 Å². The largest absolute Gasteiger partial charge is 0.493 e. The third-order valence-electron chi connectivity index (χ3n) is 5.42. The van der Waals surface area contributed by atoms with Crippen LogP contribution < -0.4 is 14.8 Å². The second kappa shape index (κ2) is 10.9. The highest BCUT2D eigenvalue weighted by molar-refractivity contribution is 5.97. The highest BCUT2D eigenvalue weighted by atomic mass is 19.3. The number of methoxy groups -OCH3 is 1. The van der Waals surface area contributed by atoms with Crippen molar-refractivity contribution >= 4 is 11.8 Å². The average Bonchev–Trinajstić information content (AvgIpc) is 2.79. The summed E-state index contributed by atoms with van der Waals surface area (Å²) in [6.07, 6.45) is 0. The van der Waals surface area contributed by atoms with Gasteiger partial charge in [-0.3, -0.25) is 14.5 Å². The second-order valence-electron chi connectivity index (χ2n) is 7.51. The van der Waals surface area contributed by atoms with Crippen LogP contribution in [0.5, 0.6) is 11.5 Å². The molecule has 0 radical (unpaired) electrons. The van der Waals surface area contributed by atoms with Crippen LogP contribution >= 0.6 is 0 Å². The summed E-state index contributed by atoms with van der Waals surface area (Å²) >= 11 is 0. The van der Waals surface area contributed by atoms with Crippen LogP contribution in [0.25, 0.3) is 0 Å². The summed E-state index contributed by atoms with van der Waals surface area (Å²) in [5, 5.41) is 2.58. The van der Waals surface area contributed by atoms with Crippen molar-refractivity contribution in [1.82, 2.24) is 15.1 Å². The summed E-state index contributed by atoms with van der Waals surface area (Å²) in [5.74, 6) is -0.829. The number of amides is 2. The first-order valence-electron chi connectivity index (χ1n) is 10.3. The van der Waals surface area contributed by atoms with Crippen molar-refractivity contribution in [1.29, 1.82) is 0 Å². The molecule has 0 aliphatic carbocycles. The minimum atomic E-state index is -3.00. The third kappa shape index (κ3) is 6.16. The van der Waals surface area contributed by atoms with Crippen LogP contribution in [0.15, 0.2) is 42.5 Å². The summed E-state index contributed by atoms with van der Waals surface area (Å²) in [4.78, 5) is 28.9. The van der Waals surface area contributed by atoms with Crippen LogP contribution in [-0.2, 0) is 11.3 Å². The Bertz CT molecular complexity index is 947. The molecule has 0 saturated carbocycles. The van der Waals surface area contributed by atoms with Crippen molar-refractivity contribution in [3.8, 4) is 11.5 Å². The molecule has 1 aliphatic rings. The van der Waals surface area contributed by atoms with E-state index in [2.05, 4.69) is 34.0 Å². The zero-order valence-corrected chi connectivity index (χ0v) is 18.1. The maximum Gasteiger partial charge on any atom is 0.387 e. The number of alkyl halides is 2. The molecule has 0 atom stereocenters. The first-order chi connectivity index (χ1) is 15.4. The maximum atomic E-state index is 12.5. The van der Waals surface area contributed by atoms with Gasteiger partial charge in [0.15, 0.2) is 11.5 Å². The number of hydrogen-bond acceptors (Lipinski definition) is 5. The molecule has 2 amide bonds. The fourth-order valence-corrected chi connectivity index (χ4v) is 3.56. The molecule has 9 heteroatoms. The fraction of sp³-hybridized carbons (Fsp3) is 0.391. The van der Waals surface area contributed by atoms with Gasteiger partial charge in [0.25, 0.3) is 5.91 Å². The van der Waals surface area contributed by atoms with Gasteiger partial charge in [0, 0.05) is 38.3 Å². The lowest BCUT2D eigenvalue weighted by atomic mass is 10.1. The quantitative estimate of drug-likeness (QED) is 0.674. The lowest BCUT2D eigenvalue weighted by Gasteiger charge is -2.35. The van der Waals surface area contributed by atoms with E-state index >= 15 is 0 Å². The molecule has 1 N–H and O–H groups in total. The summed E-state index contributed by atoms with van der Waals surface area (Å²) < 4.78 is 34.2. The molecule has 172 valence electrons. The first kappa shape index (κ1) is 23.5. The molecule has 0 bridgehead atoms. The van der Waals surface area contributed by atoms with Crippen molar-refractivity contribution in [2.45, 2.75) is 20.1 Å². The SMILES string of the molecule is COc1cc(C(=O)NCC(=O)N2CCN(Cc3ccccc3C)CC2)ccc1OC(F)F. The van der Waals surface area contributed by atoms with Gasteiger partial charge < -0.3 is 19.7 Å². The molecule has 1 saturated heterocycles. The van der Waals surface area contributed by atoms with Crippen LogP contribution in [0.2, 0.25) is 0 Å². The molecule has 0 aromatic heterocycles. The number of aryl methyl sites for hydroxylation is 1. The molecule has 3 rings (SSSR count). The van der Waals surface area contributed by atoms with E-state index in [-0.39, 0.29) is 29.5 Å². The summed E-state index contributed by atoms with van der Waals surface area (Å²) in [7, 11) is 1.29. The van der Waals surface area contributed by atoms with Crippen molar-refractivity contribution in [3.05, 3.63) is 59.2 Å². The first-order valence-corrected chi connectivity index (χ1v) is 10.3. The Morgan fingerprint density at radius 3 is 2.44 bits per heavy atom. The van der Waals surface area contributed by atoms with Crippen LogP contribution in [0.4, 0.5) is 8.78 Å². The van der Waals surface area contributed by atoms with Crippen molar-refractivity contribution in [3.63, 3.8) is 0 Å². The number of rotatable bonds is 8. The van der Waals surface area contributed by atoms with Crippen LogP contribution in [0.1, 0.15) is 21.5 Å². The van der Waals surface area contributed by atoms with Crippen LogP contribution in [-0.4, -0.2) is 68.1 Å². The van der Waals surface area contributed by atoms with E-state index < -0.39 is 12.5 Å². The smallest absolute Gasteiger partial charge is 0.387 e. The van der Waals surface area contributed by atoms with Gasteiger partial charge >= 0.3 is 6.61 Å². The van der Waals surface area contributed by atoms with Gasteiger partial charge in [0.1, 0.15) is 0 Å². The molecule has 0 unspecified atom stereocenters. The maximum absolute atomic E-state index is 12.5. The van der Waals surface area contributed by atoms with Crippen molar-refractivity contribution < 1.29 is 27.8 Å². The summed E-state index contributed by atoms with van der Waals surface area (Å²) in [5.41, 5.74) is 2.71. The van der Waals surface area contributed by atoms with Crippen molar-refractivity contribution in [2.24, 2.45) is 0 Å². The Morgan fingerprint density at radius 2 is 1.78 bits per heavy atom. The Balaban J connectivity index is 1.47. The molecule has 2 aromatic rings. The Kier molecular flexibility index (Phi) is 7.99. The zero-order chi connectivity index (χ0) is 23.1. The molecule has 2 aromatic carbocycles. The topological polar surface area (TPSA) is 71.1 Å². The second-order valence-corrected chi connectivity index (χ2v) is 7.51. The highest BCUT2D eigenvalue weighted by Crippen LogP contribution is 2.29. The normalized spacial score (nSPS) is 14.3. The number of halogens is 2. The van der Waals surface area contributed by atoms with E-state index in [9.17, 15) is 18.4 Å². The average molecular weight is 447 g/mol. The molecular formula is C23H27F2N3O4. The number of piperazine rings is 1. The number of carbonyl (C=O) groups excluding carboxylic acids is 2. The predicted octanol–water partition coefficient (Wildman–Crippen LogP) is 2.68. The molecule has 32 heavy (non-hydrogen) atoms. The minimum absolute atomic E-state index is 0.00838. The molecule has 7 nitrogen and oxygen atoms in total.